The highest BCUT2D eigenvalue weighted by Gasteiger charge is 2.32. The van der Waals surface area contributed by atoms with Crippen LogP contribution in [0.4, 0.5) is 0 Å². The molecule has 2 aliphatic rings. The van der Waals surface area contributed by atoms with E-state index in [1.54, 1.807) is 0 Å². The van der Waals surface area contributed by atoms with Gasteiger partial charge in [-0.1, -0.05) is 0 Å². The fourth-order valence-electron chi connectivity index (χ4n) is 2.47. The lowest BCUT2D eigenvalue weighted by atomic mass is 10.2. The molecule has 1 saturated carbocycles. The first kappa shape index (κ1) is 10.4. The topological polar surface area (TPSA) is 26.7 Å². The molecule has 1 N–H and O–H groups in total. The van der Waals surface area contributed by atoms with Crippen LogP contribution in [0, 0.1) is 0 Å². The van der Waals surface area contributed by atoms with E-state index >= 15 is 0 Å². The molecule has 2 rings (SSSR count). The van der Waals surface area contributed by atoms with Gasteiger partial charge in [0.05, 0.1) is 6.61 Å². The van der Waals surface area contributed by atoms with Gasteiger partial charge in [0.2, 0.25) is 0 Å². The average Bonchev–Trinajstić information content (AvgIpc) is 2.93. The van der Waals surface area contributed by atoms with Crippen molar-refractivity contribution in [2.45, 2.75) is 37.8 Å². The van der Waals surface area contributed by atoms with E-state index in [-0.39, 0.29) is 0 Å². The molecule has 0 spiro atoms. The van der Waals surface area contributed by atoms with Crippen molar-refractivity contribution in [3.05, 3.63) is 0 Å². The predicted octanol–water partition coefficient (Wildman–Crippen LogP) is 0.537. The van der Waals surface area contributed by atoms with Crippen LogP contribution in [0.5, 0.6) is 0 Å². The molecule has 14 heavy (non-hydrogen) atoms. The molecule has 2 fully saturated rings. The molecule has 1 aliphatic heterocycles. The van der Waals surface area contributed by atoms with Crippen molar-refractivity contribution in [2.75, 3.05) is 33.3 Å². The average molecular weight is 198 g/mol. The fraction of sp³-hybridized carbons (Fsp3) is 1.00. The van der Waals surface area contributed by atoms with Gasteiger partial charge in [0.1, 0.15) is 0 Å². The quantitative estimate of drug-likeness (QED) is 0.698. The van der Waals surface area contributed by atoms with Gasteiger partial charge in [0.25, 0.3) is 0 Å². The minimum atomic E-state index is 0.312. The Balaban J connectivity index is 1.80. The zero-order valence-corrected chi connectivity index (χ0v) is 9.15. The van der Waals surface area contributed by atoms with Crippen molar-refractivity contribution in [3.63, 3.8) is 0 Å². The maximum atomic E-state index is 9.00. The van der Waals surface area contributed by atoms with E-state index in [2.05, 4.69) is 16.8 Å². The highest BCUT2D eigenvalue weighted by molar-refractivity contribution is 4.88. The van der Waals surface area contributed by atoms with Crippen molar-refractivity contribution in [1.29, 1.82) is 0 Å². The number of nitrogens with zero attached hydrogens (tertiary/aromatic N) is 2. The molecule has 0 bridgehead atoms. The highest BCUT2D eigenvalue weighted by atomic mass is 16.3. The Morgan fingerprint density at radius 2 is 2.14 bits per heavy atom. The van der Waals surface area contributed by atoms with Crippen LogP contribution in [-0.2, 0) is 0 Å². The highest BCUT2D eigenvalue weighted by Crippen LogP contribution is 2.28. The molecule has 0 aromatic carbocycles. The third kappa shape index (κ3) is 2.47. The Kier molecular flexibility index (Phi) is 3.42. The van der Waals surface area contributed by atoms with Gasteiger partial charge >= 0.3 is 0 Å². The summed E-state index contributed by atoms with van der Waals surface area (Å²) in [4.78, 5) is 4.94. The zero-order chi connectivity index (χ0) is 9.97. The molecular formula is C11H22N2O. The summed E-state index contributed by atoms with van der Waals surface area (Å²) in [6, 6.07) is 1.53. The Bertz CT molecular complexity index is 182. The van der Waals surface area contributed by atoms with E-state index in [4.69, 9.17) is 5.11 Å². The lowest BCUT2D eigenvalue weighted by molar-refractivity contribution is 0.151. The molecule has 1 saturated heterocycles. The molecule has 1 aliphatic carbocycles. The molecular weight excluding hydrogens is 176 g/mol. The van der Waals surface area contributed by atoms with Gasteiger partial charge in [-0.2, -0.15) is 0 Å². The first-order valence-corrected chi connectivity index (χ1v) is 5.86. The SMILES string of the molecule is CN1CCC[C@@H]1CN(CCO)C1CC1. The van der Waals surface area contributed by atoms with E-state index < -0.39 is 0 Å². The minimum Gasteiger partial charge on any atom is -0.395 e. The molecule has 0 unspecified atom stereocenters. The lowest BCUT2D eigenvalue weighted by Gasteiger charge is -2.28. The normalized spacial score (nSPS) is 28.9. The maximum Gasteiger partial charge on any atom is 0.0558 e. The second-order valence-corrected chi connectivity index (χ2v) is 4.73. The second kappa shape index (κ2) is 4.60. The number of aliphatic hydroxyl groups is 1. The van der Waals surface area contributed by atoms with E-state index in [9.17, 15) is 0 Å². The summed E-state index contributed by atoms with van der Waals surface area (Å²) in [6.45, 7) is 3.60. The van der Waals surface area contributed by atoms with Crippen molar-refractivity contribution in [2.24, 2.45) is 0 Å². The molecule has 1 atom stereocenters. The largest absolute Gasteiger partial charge is 0.395 e. The van der Waals surface area contributed by atoms with Gasteiger partial charge in [0.15, 0.2) is 0 Å². The Morgan fingerprint density at radius 1 is 1.36 bits per heavy atom. The zero-order valence-electron chi connectivity index (χ0n) is 9.15. The first-order valence-electron chi connectivity index (χ1n) is 5.86. The van der Waals surface area contributed by atoms with E-state index in [1.165, 1.54) is 38.8 Å². The molecule has 0 amide bonds. The third-order valence-corrected chi connectivity index (χ3v) is 3.57. The summed E-state index contributed by atoms with van der Waals surface area (Å²) in [5.74, 6) is 0. The van der Waals surface area contributed by atoms with Crippen LogP contribution in [-0.4, -0.2) is 60.3 Å². The van der Waals surface area contributed by atoms with Crippen LogP contribution in [0.25, 0.3) is 0 Å². The van der Waals surface area contributed by atoms with E-state index in [1.807, 2.05) is 0 Å². The van der Waals surface area contributed by atoms with Crippen LogP contribution >= 0.6 is 0 Å². The smallest absolute Gasteiger partial charge is 0.0558 e. The lowest BCUT2D eigenvalue weighted by Crippen LogP contribution is -2.40. The number of likely N-dealkylation sites (N-methyl/N-ethyl adjacent to an activating group) is 1. The maximum absolute atomic E-state index is 9.00. The van der Waals surface area contributed by atoms with Gasteiger partial charge in [-0.05, 0) is 39.3 Å². The van der Waals surface area contributed by atoms with Crippen molar-refractivity contribution >= 4 is 0 Å². The molecule has 3 nitrogen and oxygen atoms in total. The summed E-state index contributed by atoms with van der Waals surface area (Å²) in [6.07, 6.45) is 5.37. The van der Waals surface area contributed by atoms with Crippen LogP contribution in [0.2, 0.25) is 0 Å². The predicted molar refractivity (Wildman–Crippen MR) is 57.3 cm³/mol. The number of hydrogen-bond donors (Lipinski definition) is 1. The van der Waals surface area contributed by atoms with Crippen molar-refractivity contribution in [3.8, 4) is 0 Å². The van der Waals surface area contributed by atoms with E-state index in [0.717, 1.165) is 18.6 Å². The minimum absolute atomic E-state index is 0.312. The molecule has 3 heteroatoms. The number of likely N-dealkylation sites (tertiary alicyclic amines) is 1. The van der Waals surface area contributed by atoms with Gasteiger partial charge in [-0.3, -0.25) is 4.90 Å². The third-order valence-electron chi connectivity index (χ3n) is 3.57. The summed E-state index contributed by atoms with van der Waals surface area (Å²) in [7, 11) is 2.22. The van der Waals surface area contributed by atoms with Crippen LogP contribution < -0.4 is 0 Å². The first-order chi connectivity index (χ1) is 6.81. The fourth-order valence-corrected chi connectivity index (χ4v) is 2.47. The Morgan fingerprint density at radius 3 is 2.64 bits per heavy atom. The Labute approximate surface area is 86.7 Å². The van der Waals surface area contributed by atoms with Gasteiger partial charge in [-0.25, -0.2) is 0 Å². The second-order valence-electron chi connectivity index (χ2n) is 4.73. The van der Waals surface area contributed by atoms with Crippen LogP contribution in [0.3, 0.4) is 0 Å². The number of hydrogen-bond acceptors (Lipinski definition) is 3. The molecule has 82 valence electrons. The standard InChI is InChI=1S/C11H22N2O/c1-12-6-2-3-11(12)9-13(7-8-14)10-4-5-10/h10-11,14H,2-9H2,1H3/t11-/m1/s1. The van der Waals surface area contributed by atoms with Crippen LogP contribution in [0.1, 0.15) is 25.7 Å². The van der Waals surface area contributed by atoms with Crippen molar-refractivity contribution in [1.82, 2.24) is 9.80 Å². The molecule has 0 aromatic heterocycles. The molecule has 1 heterocycles. The Hall–Kier alpha value is -0.120. The molecule has 0 aromatic rings. The van der Waals surface area contributed by atoms with Gasteiger partial charge < -0.3 is 10.0 Å². The summed E-state index contributed by atoms with van der Waals surface area (Å²) >= 11 is 0. The molecule has 0 radical (unpaired) electrons. The van der Waals surface area contributed by atoms with Gasteiger partial charge in [-0.15, -0.1) is 0 Å². The monoisotopic (exact) mass is 198 g/mol. The summed E-state index contributed by atoms with van der Waals surface area (Å²) in [5.41, 5.74) is 0. The van der Waals surface area contributed by atoms with Crippen molar-refractivity contribution < 1.29 is 5.11 Å². The van der Waals surface area contributed by atoms with Gasteiger partial charge in [0, 0.05) is 25.2 Å². The van der Waals surface area contributed by atoms with E-state index in [0.29, 0.717) is 6.61 Å². The number of aliphatic hydroxyl groups excluding tert-OH is 1. The summed E-state index contributed by atoms with van der Waals surface area (Å²) in [5, 5.41) is 9.00. The number of rotatable bonds is 5. The van der Waals surface area contributed by atoms with Crippen LogP contribution in [0.15, 0.2) is 0 Å². The summed E-state index contributed by atoms with van der Waals surface area (Å²) < 4.78 is 0.